The molecule has 3 aromatic carbocycles. The van der Waals surface area contributed by atoms with Gasteiger partial charge in [-0.15, -0.1) is 0 Å². The summed E-state index contributed by atoms with van der Waals surface area (Å²) in [5.74, 6) is -1.50. The molecule has 0 atom stereocenters. The molecule has 152 valence electrons. The maximum absolute atomic E-state index is 13.2. The monoisotopic (exact) mass is 403 g/mol. The van der Waals surface area contributed by atoms with Crippen molar-refractivity contribution in [3.8, 4) is 11.1 Å². The minimum atomic E-state index is -0.527. The molecule has 0 saturated carbocycles. The fraction of sp³-hybridized carbons (Fsp3) is 0.125. The molecule has 0 spiro atoms. The second-order valence-corrected chi connectivity index (χ2v) is 6.58. The molecule has 30 heavy (non-hydrogen) atoms. The third-order valence-electron chi connectivity index (χ3n) is 4.47. The van der Waals surface area contributed by atoms with E-state index in [1.54, 1.807) is 0 Å². The molecule has 6 heteroatoms. The van der Waals surface area contributed by atoms with E-state index in [1.165, 1.54) is 18.2 Å². The van der Waals surface area contributed by atoms with E-state index in [0.717, 1.165) is 28.5 Å². The molecule has 0 fully saturated rings. The van der Waals surface area contributed by atoms with Gasteiger partial charge in [-0.25, -0.2) is 9.82 Å². The minimum Gasteiger partial charge on any atom is -0.343 e. The minimum absolute atomic E-state index is 0.152. The Bertz CT molecular complexity index is 1050. The molecular weight excluding hydrogens is 381 g/mol. The van der Waals surface area contributed by atoms with Gasteiger partial charge in [0.2, 0.25) is 0 Å². The Hall–Kier alpha value is -3.80. The van der Waals surface area contributed by atoms with E-state index in [0.29, 0.717) is 6.42 Å². The summed E-state index contributed by atoms with van der Waals surface area (Å²) in [6.07, 6.45) is 0.626. The predicted molar refractivity (Wildman–Crippen MR) is 116 cm³/mol. The number of hydrogen-bond acceptors (Lipinski definition) is 3. The fourth-order valence-electron chi connectivity index (χ4n) is 2.90. The first-order valence-corrected chi connectivity index (χ1v) is 9.62. The van der Waals surface area contributed by atoms with Crippen LogP contribution < -0.4 is 10.7 Å². The van der Waals surface area contributed by atoms with Crippen molar-refractivity contribution in [2.45, 2.75) is 13.3 Å². The highest BCUT2D eigenvalue weighted by molar-refractivity contribution is 6.01. The maximum Gasteiger partial charge on any atom is 0.259 e. The topological polar surface area (TPSA) is 70.6 Å². The second-order valence-electron chi connectivity index (χ2n) is 6.58. The first kappa shape index (κ1) is 20.9. The number of carbonyl (C=O) groups is 2. The fourth-order valence-corrected chi connectivity index (χ4v) is 2.90. The Morgan fingerprint density at radius 1 is 0.867 bits per heavy atom. The third kappa shape index (κ3) is 5.61. The highest BCUT2D eigenvalue weighted by atomic mass is 19.1. The van der Waals surface area contributed by atoms with Crippen molar-refractivity contribution in [2.24, 2.45) is 5.10 Å². The Morgan fingerprint density at radius 2 is 1.57 bits per heavy atom. The Morgan fingerprint density at radius 3 is 2.23 bits per heavy atom. The second kappa shape index (κ2) is 10.1. The van der Waals surface area contributed by atoms with Gasteiger partial charge in [-0.05, 0) is 41.3 Å². The average Bonchev–Trinajstić information content (AvgIpc) is 2.79. The summed E-state index contributed by atoms with van der Waals surface area (Å²) in [6, 6.07) is 23.3. The van der Waals surface area contributed by atoms with Gasteiger partial charge >= 0.3 is 0 Å². The van der Waals surface area contributed by atoms with Crippen molar-refractivity contribution >= 4 is 17.5 Å². The molecule has 0 saturated heterocycles. The van der Waals surface area contributed by atoms with Crippen LogP contribution in [0, 0.1) is 5.82 Å². The number of carbonyl (C=O) groups excluding carboxylic acids is 2. The van der Waals surface area contributed by atoms with Gasteiger partial charge in [0.05, 0.1) is 12.3 Å². The molecule has 3 aromatic rings. The summed E-state index contributed by atoms with van der Waals surface area (Å²) < 4.78 is 13.2. The van der Waals surface area contributed by atoms with Gasteiger partial charge in [0, 0.05) is 5.56 Å². The number of amides is 2. The molecule has 5 nitrogen and oxygen atoms in total. The van der Waals surface area contributed by atoms with Crippen molar-refractivity contribution in [3.63, 3.8) is 0 Å². The summed E-state index contributed by atoms with van der Waals surface area (Å²) in [4.78, 5) is 24.0. The van der Waals surface area contributed by atoms with Crippen molar-refractivity contribution in [2.75, 3.05) is 6.54 Å². The van der Waals surface area contributed by atoms with Crippen molar-refractivity contribution in [1.82, 2.24) is 10.7 Å². The number of nitrogens with zero attached hydrogens (tertiary/aromatic N) is 1. The molecule has 0 aromatic heterocycles. The van der Waals surface area contributed by atoms with Crippen LogP contribution in [0.2, 0.25) is 0 Å². The van der Waals surface area contributed by atoms with Crippen LogP contribution in [0.4, 0.5) is 4.39 Å². The van der Waals surface area contributed by atoms with Gasteiger partial charge in [-0.3, -0.25) is 9.59 Å². The predicted octanol–water partition coefficient (Wildman–Crippen LogP) is 4.15. The molecule has 0 heterocycles. The number of benzene rings is 3. The standard InChI is InChI=1S/C24H22FN3O2/c1-2-22(19-13-11-18(12-14-19)17-7-4-3-5-8-17)27-28-23(29)16-26-24(30)20-9-6-10-21(25)15-20/h3-15H,2,16H2,1H3,(H,26,30)(H,28,29). The number of hydrogen-bond donors (Lipinski definition) is 2. The SMILES string of the molecule is CCC(=NNC(=O)CNC(=O)c1cccc(F)c1)c1ccc(-c2ccccc2)cc1. The Balaban J connectivity index is 1.58. The van der Waals surface area contributed by atoms with Gasteiger partial charge in [0.1, 0.15) is 5.82 Å². The number of hydrazone groups is 1. The van der Waals surface area contributed by atoms with Crippen LogP contribution in [-0.4, -0.2) is 24.1 Å². The van der Waals surface area contributed by atoms with E-state index in [1.807, 2.05) is 61.5 Å². The van der Waals surface area contributed by atoms with E-state index < -0.39 is 17.6 Å². The number of halogens is 1. The van der Waals surface area contributed by atoms with E-state index in [-0.39, 0.29) is 12.1 Å². The molecule has 0 aliphatic carbocycles. The molecule has 0 aliphatic rings. The van der Waals surface area contributed by atoms with Gasteiger partial charge in [-0.1, -0.05) is 67.6 Å². The Kier molecular flexibility index (Phi) is 7.05. The Labute approximate surface area is 174 Å². The summed E-state index contributed by atoms with van der Waals surface area (Å²) >= 11 is 0. The summed E-state index contributed by atoms with van der Waals surface area (Å²) in [5, 5.41) is 6.63. The van der Waals surface area contributed by atoms with Crippen LogP contribution in [0.1, 0.15) is 29.3 Å². The number of nitrogens with one attached hydrogen (secondary N) is 2. The van der Waals surface area contributed by atoms with Crippen molar-refractivity contribution < 1.29 is 14.0 Å². The summed E-state index contributed by atoms with van der Waals surface area (Å²) in [6.45, 7) is 1.69. The molecule has 0 unspecified atom stereocenters. The zero-order valence-electron chi connectivity index (χ0n) is 16.6. The normalized spacial score (nSPS) is 11.1. The first-order valence-electron chi connectivity index (χ1n) is 9.62. The molecule has 0 radical (unpaired) electrons. The van der Waals surface area contributed by atoms with Gasteiger partial charge in [-0.2, -0.15) is 5.10 Å². The quantitative estimate of drug-likeness (QED) is 0.460. The maximum atomic E-state index is 13.2. The molecule has 2 amide bonds. The van der Waals surface area contributed by atoms with E-state index in [2.05, 4.69) is 15.8 Å². The summed E-state index contributed by atoms with van der Waals surface area (Å²) in [5.41, 5.74) is 6.46. The summed E-state index contributed by atoms with van der Waals surface area (Å²) in [7, 11) is 0. The highest BCUT2D eigenvalue weighted by Crippen LogP contribution is 2.19. The lowest BCUT2D eigenvalue weighted by Gasteiger charge is -2.08. The average molecular weight is 403 g/mol. The van der Waals surface area contributed by atoms with Gasteiger partial charge in [0.15, 0.2) is 0 Å². The van der Waals surface area contributed by atoms with E-state index in [4.69, 9.17) is 0 Å². The van der Waals surface area contributed by atoms with Crippen LogP contribution in [0.3, 0.4) is 0 Å². The smallest absolute Gasteiger partial charge is 0.259 e. The van der Waals surface area contributed by atoms with E-state index >= 15 is 0 Å². The molecule has 0 aliphatic heterocycles. The first-order chi connectivity index (χ1) is 14.6. The lowest BCUT2D eigenvalue weighted by atomic mass is 10.0. The molecule has 3 rings (SSSR count). The van der Waals surface area contributed by atoms with E-state index in [9.17, 15) is 14.0 Å². The highest BCUT2D eigenvalue weighted by Gasteiger charge is 2.09. The van der Waals surface area contributed by atoms with Crippen LogP contribution in [0.25, 0.3) is 11.1 Å². The zero-order valence-corrected chi connectivity index (χ0v) is 16.6. The van der Waals surface area contributed by atoms with Gasteiger partial charge in [0.25, 0.3) is 11.8 Å². The van der Waals surface area contributed by atoms with Crippen LogP contribution in [-0.2, 0) is 4.79 Å². The van der Waals surface area contributed by atoms with Gasteiger partial charge < -0.3 is 5.32 Å². The molecular formula is C24H22FN3O2. The number of rotatable bonds is 7. The van der Waals surface area contributed by atoms with Crippen LogP contribution in [0.5, 0.6) is 0 Å². The van der Waals surface area contributed by atoms with Crippen LogP contribution in [0.15, 0.2) is 84.0 Å². The van der Waals surface area contributed by atoms with Crippen LogP contribution >= 0.6 is 0 Å². The zero-order chi connectivity index (χ0) is 21.3. The lowest BCUT2D eigenvalue weighted by molar-refractivity contribution is -0.120. The van der Waals surface area contributed by atoms with Crippen molar-refractivity contribution in [3.05, 3.63) is 95.8 Å². The molecule has 2 N–H and O–H groups in total. The molecule has 0 bridgehead atoms. The lowest BCUT2D eigenvalue weighted by Crippen LogP contribution is -2.35. The van der Waals surface area contributed by atoms with Crippen molar-refractivity contribution in [1.29, 1.82) is 0 Å². The third-order valence-corrected chi connectivity index (χ3v) is 4.47. The largest absolute Gasteiger partial charge is 0.343 e.